The summed E-state index contributed by atoms with van der Waals surface area (Å²) in [7, 11) is 0. The topological polar surface area (TPSA) is 76.1 Å². The van der Waals surface area contributed by atoms with Gasteiger partial charge in [0.15, 0.2) is 0 Å². The van der Waals surface area contributed by atoms with Crippen LogP contribution in [0, 0.1) is 24.2 Å². The highest BCUT2D eigenvalue weighted by molar-refractivity contribution is 9.11. The van der Waals surface area contributed by atoms with E-state index in [4.69, 9.17) is 17.9 Å². The lowest BCUT2D eigenvalue weighted by Gasteiger charge is -2.15. The van der Waals surface area contributed by atoms with Crippen molar-refractivity contribution >= 4 is 48.8 Å². The number of hydrogen-bond acceptors (Lipinski definition) is 4. The minimum absolute atomic E-state index is 0. The lowest BCUT2D eigenvalue weighted by molar-refractivity contribution is 0.621. The number of halogens is 1. The van der Waals surface area contributed by atoms with Crippen molar-refractivity contribution in [2.75, 3.05) is 24.6 Å². The predicted molar refractivity (Wildman–Crippen MR) is 231 cm³/mol. The molecule has 4 nitrogen and oxygen atoms in total. The monoisotopic (exact) mass is 748 g/mol. The van der Waals surface area contributed by atoms with Crippen molar-refractivity contribution < 1.29 is 0 Å². The molecule has 2 atom stereocenters. The van der Waals surface area contributed by atoms with Gasteiger partial charge in [-0.25, -0.2) is 0 Å². The zero-order valence-electron chi connectivity index (χ0n) is 29.2. The Kier molecular flexibility index (Phi) is 17.5. The molecule has 0 unspecified atom stereocenters. The van der Waals surface area contributed by atoms with E-state index in [1.807, 2.05) is 53.5 Å². The van der Waals surface area contributed by atoms with Crippen molar-refractivity contribution in [2.24, 2.45) is 0 Å². The number of allylic oxidation sites excluding steroid dienone is 1. The van der Waals surface area contributed by atoms with Crippen molar-refractivity contribution in [2.45, 2.75) is 33.4 Å². The van der Waals surface area contributed by atoms with Crippen molar-refractivity contribution in [1.29, 1.82) is 0 Å². The van der Waals surface area contributed by atoms with E-state index in [-0.39, 0.29) is 13.5 Å². The minimum Gasteiger partial charge on any atom is -0.399 e. The number of fused-ring (bicyclic) bond motifs is 2. The molecular weight excluding hydrogens is 700 g/mol. The first-order valence-electron chi connectivity index (χ1n) is 16.9. The van der Waals surface area contributed by atoms with Crippen LogP contribution >= 0.6 is 15.9 Å². The standard InChI is InChI=1S/C23H22N2.C15H16BrN.C8H7N.CH4/c1-18(22-12-7-10-20-9-4-5-11-23(20)22)25-17-6-2-3-8-19-13-15-21(24)16-14-19;1-12(17-11-5-10-16)14-9-4-7-13-6-2-3-8-15(13)14;1-2-7-3-5-8(9)6-4-7;/h2,4-7,9-16,18,25H,17,24H2,1H3;2-10,12,17H,11H2,1H3;1,3-6H,9H2;1H4/b6-2+;10-5+;;/t18-;12-;;/m11../s1. The Labute approximate surface area is 319 Å². The lowest BCUT2D eigenvalue weighted by atomic mass is 10.00. The van der Waals surface area contributed by atoms with Gasteiger partial charge in [-0.1, -0.05) is 138 Å². The molecule has 0 aromatic heterocycles. The van der Waals surface area contributed by atoms with Gasteiger partial charge >= 0.3 is 0 Å². The van der Waals surface area contributed by atoms with Crippen molar-refractivity contribution in [3.8, 4) is 24.2 Å². The molecule has 6 aromatic carbocycles. The van der Waals surface area contributed by atoms with E-state index >= 15 is 0 Å². The highest BCUT2D eigenvalue weighted by atomic mass is 79.9. The second kappa shape index (κ2) is 22.3. The summed E-state index contributed by atoms with van der Waals surface area (Å²) in [5.74, 6) is 8.65. The molecule has 264 valence electrons. The maximum Gasteiger partial charge on any atom is 0.0314 e. The van der Waals surface area contributed by atoms with E-state index in [1.54, 1.807) is 12.1 Å². The van der Waals surface area contributed by atoms with Gasteiger partial charge < -0.3 is 22.1 Å². The van der Waals surface area contributed by atoms with E-state index in [9.17, 15) is 0 Å². The van der Waals surface area contributed by atoms with Crippen LogP contribution in [-0.4, -0.2) is 13.1 Å². The Morgan fingerprint density at radius 1 is 0.615 bits per heavy atom. The van der Waals surface area contributed by atoms with Crippen molar-refractivity contribution in [3.63, 3.8) is 0 Å². The highest BCUT2D eigenvalue weighted by Gasteiger charge is 2.08. The molecule has 0 aliphatic rings. The Balaban J connectivity index is 0.000000233. The number of nitrogens with two attached hydrogens (primary N) is 2. The van der Waals surface area contributed by atoms with E-state index in [2.05, 4.69) is 149 Å². The second-order valence-corrected chi connectivity index (χ2v) is 12.3. The number of benzene rings is 6. The zero-order valence-corrected chi connectivity index (χ0v) is 30.8. The zero-order chi connectivity index (χ0) is 36.3. The Morgan fingerprint density at radius 2 is 1.06 bits per heavy atom. The van der Waals surface area contributed by atoms with Gasteiger partial charge in [0.2, 0.25) is 0 Å². The molecule has 5 heteroatoms. The maximum absolute atomic E-state index is 5.66. The summed E-state index contributed by atoms with van der Waals surface area (Å²) in [5.41, 5.74) is 17.1. The van der Waals surface area contributed by atoms with Gasteiger partial charge in [0.1, 0.15) is 0 Å². The Morgan fingerprint density at radius 3 is 1.54 bits per heavy atom. The lowest BCUT2D eigenvalue weighted by Crippen LogP contribution is -2.18. The number of nitrogen functional groups attached to an aromatic ring is 2. The average Bonchev–Trinajstić information content (AvgIpc) is 3.17. The Bertz CT molecular complexity index is 2120. The third kappa shape index (κ3) is 13.0. The summed E-state index contributed by atoms with van der Waals surface area (Å²) in [4.78, 5) is 1.88. The van der Waals surface area contributed by atoms with Gasteiger partial charge in [0.25, 0.3) is 0 Å². The van der Waals surface area contributed by atoms with E-state index in [1.165, 1.54) is 32.7 Å². The predicted octanol–water partition coefficient (Wildman–Crippen LogP) is 11.0. The van der Waals surface area contributed by atoms with Crippen molar-refractivity contribution in [1.82, 2.24) is 10.6 Å². The Hall–Kier alpha value is -5.56. The maximum atomic E-state index is 5.66. The summed E-state index contributed by atoms with van der Waals surface area (Å²) in [6.07, 6.45) is 11.1. The first-order valence-corrected chi connectivity index (χ1v) is 17.8. The van der Waals surface area contributed by atoms with Crippen LogP contribution in [0.25, 0.3) is 21.5 Å². The van der Waals surface area contributed by atoms with Gasteiger partial charge in [-0.15, -0.1) is 6.42 Å². The number of terminal acetylenes is 1. The first kappa shape index (κ1) is 40.9. The third-order valence-corrected chi connectivity index (χ3v) is 8.53. The fraction of sp³-hybridized carbons (Fsp3) is 0.149. The van der Waals surface area contributed by atoms with Gasteiger partial charge in [-0.2, -0.15) is 0 Å². The molecule has 0 heterocycles. The molecule has 0 saturated carbocycles. The second-order valence-electron chi connectivity index (χ2n) is 11.8. The molecule has 0 amide bonds. The summed E-state index contributed by atoms with van der Waals surface area (Å²) >= 11 is 3.27. The number of rotatable bonds is 8. The molecule has 0 bridgehead atoms. The molecule has 0 aliphatic heterocycles. The van der Waals surface area contributed by atoms with E-state index in [0.29, 0.717) is 6.04 Å². The number of hydrogen-bond donors (Lipinski definition) is 4. The van der Waals surface area contributed by atoms with Crippen LogP contribution in [-0.2, 0) is 0 Å². The first-order chi connectivity index (χ1) is 24.9. The largest absolute Gasteiger partial charge is 0.399 e. The summed E-state index contributed by atoms with van der Waals surface area (Å²) in [6.45, 7) is 6.04. The highest BCUT2D eigenvalue weighted by Crippen LogP contribution is 2.25. The molecule has 6 aromatic rings. The third-order valence-electron chi connectivity index (χ3n) is 8.16. The number of nitrogens with one attached hydrogen (secondary N) is 2. The van der Waals surface area contributed by atoms with Crippen molar-refractivity contribution in [3.05, 3.63) is 179 Å². The van der Waals surface area contributed by atoms with Gasteiger partial charge in [0.05, 0.1) is 0 Å². The molecule has 0 saturated heterocycles. The number of anilines is 2. The van der Waals surface area contributed by atoms with Gasteiger partial charge in [0, 0.05) is 47.7 Å². The molecule has 6 rings (SSSR count). The quantitative estimate of drug-likeness (QED) is 0.0923. The van der Waals surface area contributed by atoms with E-state index < -0.39 is 0 Å². The summed E-state index contributed by atoms with van der Waals surface area (Å²) in [5, 5.41) is 12.2. The molecule has 0 spiro atoms. The summed E-state index contributed by atoms with van der Waals surface area (Å²) in [6, 6.07) is 45.3. The fourth-order valence-electron chi connectivity index (χ4n) is 5.40. The van der Waals surface area contributed by atoms with Crippen LogP contribution in [0.5, 0.6) is 0 Å². The van der Waals surface area contributed by atoms with Crippen LogP contribution in [0.3, 0.4) is 0 Å². The van der Waals surface area contributed by atoms with Crippen LogP contribution in [0.15, 0.2) is 157 Å². The van der Waals surface area contributed by atoms with Crippen LogP contribution < -0.4 is 22.1 Å². The van der Waals surface area contributed by atoms with Gasteiger partial charge in [-0.3, -0.25) is 0 Å². The summed E-state index contributed by atoms with van der Waals surface area (Å²) < 4.78 is 0. The van der Waals surface area contributed by atoms with E-state index in [0.717, 1.165) is 35.6 Å². The molecule has 0 fully saturated rings. The van der Waals surface area contributed by atoms with Gasteiger partial charge in [-0.05, 0) is 106 Å². The van der Waals surface area contributed by atoms with Crippen LogP contribution in [0.1, 0.15) is 55.6 Å². The molecule has 6 N–H and O–H groups in total. The smallest absolute Gasteiger partial charge is 0.0314 e. The normalized spacial score (nSPS) is 11.6. The molecule has 0 aliphatic carbocycles. The molecule has 0 radical (unpaired) electrons. The van der Waals surface area contributed by atoms with Crippen LogP contribution in [0.2, 0.25) is 0 Å². The minimum atomic E-state index is 0. The fourth-order valence-corrected chi connectivity index (χ4v) is 5.59. The average molecular weight is 750 g/mol. The molecule has 52 heavy (non-hydrogen) atoms. The van der Waals surface area contributed by atoms with Crippen LogP contribution in [0.4, 0.5) is 11.4 Å². The SMILES string of the molecule is C.C#Cc1ccc(N)cc1.C[C@@H](NC/C=C/Br)c1cccc2ccccc12.C[C@@H](NC/C=C/C#Cc1ccc(N)cc1)c1cccc2ccccc12. The molecular formula is C47H49BrN4.